The molecule has 0 saturated carbocycles. The minimum atomic E-state index is -0.285. The summed E-state index contributed by atoms with van der Waals surface area (Å²) in [5, 5.41) is 1.47. The lowest BCUT2D eigenvalue weighted by atomic mass is 10.2. The molecule has 0 aliphatic rings. The Kier molecular flexibility index (Phi) is 4.22. The van der Waals surface area contributed by atoms with Crippen LogP contribution in [-0.2, 0) is 0 Å². The average molecular weight is 378 g/mol. The molecule has 0 aliphatic carbocycles. The Morgan fingerprint density at radius 2 is 2.05 bits per heavy atom. The van der Waals surface area contributed by atoms with Gasteiger partial charge in [0.15, 0.2) is 0 Å². The SMILES string of the molecule is O=C(NNc1ccnc2cc(Cl)ccc12)c1cncc(Br)c1. The van der Waals surface area contributed by atoms with E-state index in [1.807, 2.05) is 6.07 Å². The van der Waals surface area contributed by atoms with Gasteiger partial charge in [0, 0.05) is 33.5 Å². The second kappa shape index (κ2) is 6.29. The van der Waals surface area contributed by atoms with Crippen LogP contribution >= 0.6 is 27.5 Å². The fourth-order valence-corrected chi connectivity index (χ4v) is 2.49. The lowest BCUT2D eigenvalue weighted by Gasteiger charge is -2.11. The van der Waals surface area contributed by atoms with Crippen LogP contribution < -0.4 is 10.9 Å². The lowest BCUT2D eigenvalue weighted by molar-refractivity contribution is 0.0962. The molecule has 0 unspecified atom stereocenters. The van der Waals surface area contributed by atoms with Crippen molar-refractivity contribution in [1.29, 1.82) is 0 Å². The highest BCUT2D eigenvalue weighted by atomic mass is 79.9. The first-order chi connectivity index (χ1) is 10.6. The number of pyridine rings is 2. The summed E-state index contributed by atoms with van der Waals surface area (Å²) in [6, 6.07) is 8.85. The summed E-state index contributed by atoms with van der Waals surface area (Å²) in [5.74, 6) is -0.285. The van der Waals surface area contributed by atoms with Crippen LogP contribution in [0.3, 0.4) is 0 Å². The molecule has 7 heteroatoms. The Morgan fingerprint density at radius 3 is 2.86 bits per heavy atom. The summed E-state index contributed by atoms with van der Waals surface area (Å²) < 4.78 is 0.740. The van der Waals surface area contributed by atoms with Gasteiger partial charge in [-0.3, -0.25) is 25.6 Å². The molecule has 3 rings (SSSR count). The number of fused-ring (bicyclic) bond motifs is 1. The second-order valence-electron chi connectivity index (χ2n) is 4.49. The molecule has 0 spiro atoms. The Hall–Kier alpha value is -2.18. The smallest absolute Gasteiger partial charge is 0.271 e. The maximum Gasteiger partial charge on any atom is 0.271 e. The van der Waals surface area contributed by atoms with Crippen molar-refractivity contribution < 1.29 is 4.79 Å². The van der Waals surface area contributed by atoms with Crippen LogP contribution in [0.2, 0.25) is 5.02 Å². The number of rotatable bonds is 3. The van der Waals surface area contributed by atoms with Gasteiger partial charge in [-0.2, -0.15) is 0 Å². The fraction of sp³-hybridized carbons (Fsp3) is 0. The lowest BCUT2D eigenvalue weighted by Crippen LogP contribution is -2.29. The summed E-state index contributed by atoms with van der Waals surface area (Å²) in [4.78, 5) is 20.3. The zero-order chi connectivity index (χ0) is 15.5. The molecule has 22 heavy (non-hydrogen) atoms. The molecule has 0 radical (unpaired) electrons. The molecule has 5 nitrogen and oxygen atoms in total. The fourth-order valence-electron chi connectivity index (χ4n) is 1.96. The van der Waals surface area contributed by atoms with Crippen LogP contribution in [0, 0.1) is 0 Å². The number of aromatic nitrogens is 2. The van der Waals surface area contributed by atoms with Gasteiger partial charge in [-0.1, -0.05) is 11.6 Å². The van der Waals surface area contributed by atoms with Crippen molar-refractivity contribution in [3.63, 3.8) is 0 Å². The van der Waals surface area contributed by atoms with E-state index in [2.05, 4.69) is 36.7 Å². The number of hydrazine groups is 1. The van der Waals surface area contributed by atoms with Crippen LogP contribution in [-0.4, -0.2) is 15.9 Å². The number of benzene rings is 1. The van der Waals surface area contributed by atoms with Gasteiger partial charge >= 0.3 is 0 Å². The first-order valence-electron chi connectivity index (χ1n) is 6.35. The molecule has 1 aromatic carbocycles. The van der Waals surface area contributed by atoms with Crippen molar-refractivity contribution in [3.8, 4) is 0 Å². The highest BCUT2D eigenvalue weighted by molar-refractivity contribution is 9.10. The van der Waals surface area contributed by atoms with E-state index in [0.717, 1.165) is 21.1 Å². The largest absolute Gasteiger partial charge is 0.298 e. The maximum absolute atomic E-state index is 12.1. The Bertz CT molecular complexity index is 856. The van der Waals surface area contributed by atoms with Gasteiger partial charge < -0.3 is 0 Å². The van der Waals surface area contributed by atoms with Gasteiger partial charge in [-0.15, -0.1) is 0 Å². The van der Waals surface area contributed by atoms with Crippen molar-refractivity contribution in [1.82, 2.24) is 15.4 Å². The van der Waals surface area contributed by atoms with Gasteiger partial charge in [0.25, 0.3) is 5.91 Å². The molecule has 0 fully saturated rings. The van der Waals surface area contributed by atoms with E-state index in [4.69, 9.17) is 11.6 Å². The number of halogens is 2. The number of hydrogen-bond donors (Lipinski definition) is 2. The second-order valence-corrected chi connectivity index (χ2v) is 5.84. The molecule has 0 atom stereocenters. The molecule has 0 saturated heterocycles. The van der Waals surface area contributed by atoms with E-state index in [1.165, 1.54) is 6.20 Å². The van der Waals surface area contributed by atoms with E-state index >= 15 is 0 Å². The van der Waals surface area contributed by atoms with Gasteiger partial charge in [-0.25, -0.2) is 0 Å². The number of carbonyl (C=O) groups excluding carboxylic acids is 1. The first-order valence-corrected chi connectivity index (χ1v) is 7.52. The summed E-state index contributed by atoms with van der Waals surface area (Å²) in [7, 11) is 0. The third kappa shape index (κ3) is 3.18. The Labute approximate surface area is 139 Å². The predicted molar refractivity (Wildman–Crippen MR) is 89.8 cm³/mol. The molecule has 2 N–H and O–H groups in total. The van der Waals surface area contributed by atoms with Crippen molar-refractivity contribution in [2.24, 2.45) is 0 Å². The van der Waals surface area contributed by atoms with E-state index in [0.29, 0.717) is 10.6 Å². The number of nitrogens with zero attached hydrogens (tertiary/aromatic N) is 2. The molecular weight excluding hydrogens is 368 g/mol. The van der Waals surface area contributed by atoms with Crippen molar-refractivity contribution >= 4 is 50.0 Å². The quantitative estimate of drug-likeness (QED) is 0.681. The minimum absolute atomic E-state index is 0.285. The van der Waals surface area contributed by atoms with Crippen LogP contribution in [0.5, 0.6) is 0 Å². The van der Waals surface area contributed by atoms with E-state index in [-0.39, 0.29) is 5.91 Å². The number of anilines is 1. The molecule has 1 amide bonds. The van der Waals surface area contributed by atoms with Crippen molar-refractivity contribution in [3.05, 3.63) is 64.0 Å². The minimum Gasteiger partial charge on any atom is -0.298 e. The monoisotopic (exact) mass is 376 g/mol. The average Bonchev–Trinajstić information content (AvgIpc) is 2.52. The maximum atomic E-state index is 12.1. The van der Waals surface area contributed by atoms with Crippen LogP contribution in [0.4, 0.5) is 5.69 Å². The van der Waals surface area contributed by atoms with Crippen LogP contribution in [0.25, 0.3) is 10.9 Å². The van der Waals surface area contributed by atoms with Gasteiger partial charge in [0.2, 0.25) is 0 Å². The molecule has 2 aromatic heterocycles. The highest BCUT2D eigenvalue weighted by Gasteiger charge is 2.07. The number of hydrogen-bond acceptors (Lipinski definition) is 4. The van der Waals surface area contributed by atoms with E-state index in [1.54, 1.807) is 36.7 Å². The molecule has 0 aliphatic heterocycles. The zero-order valence-corrected chi connectivity index (χ0v) is 13.5. The van der Waals surface area contributed by atoms with Crippen LogP contribution in [0.1, 0.15) is 10.4 Å². The molecular formula is C15H10BrClN4O. The molecule has 2 heterocycles. The van der Waals surface area contributed by atoms with E-state index in [9.17, 15) is 4.79 Å². The Balaban J connectivity index is 1.81. The summed E-state index contributed by atoms with van der Waals surface area (Å²) in [6.07, 6.45) is 4.75. The summed E-state index contributed by atoms with van der Waals surface area (Å²) in [5.41, 5.74) is 7.47. The number of carbonyl (C=O) groups is 1. The zero-order valence-electron chi connectivity index (χ0n) is 11.2. The van der Waals surface area contributed by atoms with Crippen LogP contribution in [0.15, 0.2) is 53.4 Å². The molecule has 0 bridgehead atoms. The van der Waals surface area contributed by atoms with Crippen molar-refractivity contribution in [2.45, 2.75) is 0 Å². The van der Waals surface area contributed by atoms with Gasteiger partial charge in [0.05, 0.1) is 16.8 Å². The Morgan fingerprint density at radius 1 is 1.18 bits per heavy atom. The third-order valence-corrected chi connectivity index (χ3v) is 3.65. The standard InChI is InChI=1S/C15H10BrClN4O/c16-10-5-9(7-18-8-10)15(22)21-20-13-3-4-19-14-6-11(17)1-2-12(13)14/h1-8H,(H,19,20)(H,21,22). The van der Waals surface area contributed by atoms with Gasteiger partial charge in [-0.05, 0) is 46.3 Å². The summed E-state index contributed by atoms with van der Waals surface area (Å²) in [6.45, 7) is 0. The highest BCUT2D eigenvalue weighted by Crippen LogP contribution is 2.23. The first kappa shape index (κ1) is 14.7. The van der Waals surface area contributed by atoms with Crippen molar-refractivity contribution in [2.75, 3.05) is 5.43 Å². The topological polar surface area (TPSA) is 66.9 Å². The molecule has 3 aromatic rings. The van der Waals surface area contributed by atoms with Gasteiger partial charge in [0.1, 0.15) is 0 Å². The van der Waals surface area contributed by atoms with E-state index < -0.39 is 0 Å². The number of nitrogens with one attached hydrogen (secondary N) is 2. The normalized spacial score (nSPS) is 10.5. The third-order valence-electron chi connectivity index (χ3n) is 2.98. The summed E-state index contributed by atoms with van der Waals surface area (Å²) >= 11 is 9.23. The predicted octanol–water partition coefficient (Wildman–Crippen LogP) is 3.80. The molecule has 110 valence electrons. The number of amides is 1.